The number of aliphatic imine (C=N–C) groups is 1. The highest BCUT2D eigenvalue weighted by molar-refractivity contribution is 8.18. The van der Waals surface area contributed by atoms with Crippen molar-refractivity contribution in [3.05, 3.63) is 82.2 Å². The second-order valence-electron chi connectivity index (χ2n) is 7.05. The zero-order valence-corrected chi connectivity index (χ0v) is 17.8. The third kappa shape index (κ3) is 4.09. The molecule has 0 N–H and O–H groups in total. The number of carbonyl (C=O) groups is 1. The average molecular weight is 421 g/mol. The summed E-state index contributed by atoms with van der Waals surface area (Å²) in [6, 6.07) is 15.8. The normalized spacial score (nSPS) is 16.8. The standard InChI is InChI=1S/C24H21FN2O2S/c1-4-27-23(28)22(30-24(27)26-20-13-15(2)5-6-16(20)3)14-19-11-12-21(29-19)17-7-9-18(25)10-8-17/h5-14H,4H2,1-3H3/b22-14+,26-24?. The van der Waals surface area contributed by atoms with Crippen molar-refractivity contribution in [1.29, 1.82) is 0 Å². The van der Waals surface area contributed by atoms with Gasteiger partial charge in [0.1, 0.15) is 17.3 Å². The molecule has 152 valence electrons. The molecule has 1 aliphatic rings. The molecule has 2 aromatic carbocycles. The van der Waals surface area contributed by atoms with Crippen LogP contribution in [0, 0.1) is 19.7 Å². The van der Waals surface area contributed by atoms with Crippen LogP contribution in [0.5, 0.6) is 0 Å². The summed E-state index contributed by atoms with van der Waals surface area (Å²) < 4.78 is 19.0. The number of halogens is 1. The van der Waals surface area contributed by atoms with Gasteiger partial charge in [-0.15, -0.1) is 0 Å². The minimum absolute atomic E-state index is 0.0914. The Morgan fingerprint density at radius 3 is 2.60 bits per heavy atom. The fourth-order valence-electron chi connectivity index (χ4n) is 3.14. The summed E-state index contributed by atoms with van der Waals surface area (Å²) in [5, 5.41) is 0.660. The summed E-state index contributed by atoms with van der Waals surface area (Å²) >= 11 is 1.34. The SMILES string of the molecule is CCN1C(=O)/C(=C\c2ccc(-c3ccc(F)cc3)o2)SC1=Nc1cc(C)ccc1C. The lowest BCUT2D eigenvalue weighted by Crippen LogP contribution is -2.28. The van der Waals surface area contributed by atoms with Crippen molar-refractivity contribution >= 4 is 34.6 Å². The molecule has 0 spiro atoms. The van der Waals surface area contributed by atoms with E-state index in [1.54, 1.807) is 29.2 Å². The zero-order valence-electron chi connectivity index (χ0n) is 17.0. The van der Waals surface area contributed by atoms with Gasteiger partial charge in [0, 0.05) is 18.2 Å². The number of amidine groups is 1. The molecule has 1 aliphatic heterocycles. The van der Waals surface area contributed by atoms with Crippen LogP contribution < -0.4 is 0 Å². The van der Waals surface area contributed by atoms with Gasteiger partial charge < -0.3 is 4.42 Å². The number of furan rings is 1. The van der Waals surface area contributed by atoms with Crippen molar-refractivity contribution in [2.75, 3.05) is 6.54 Å². The first-order chi connectivity index (χ1) is 14.4. The molecule has 0 atom stereocenters. The van der Waals surface area contributed by atoms with Crippen molar-refractivity contribution in [1.82, 2.24) is 4.90 Å². The summed E-state index contributed by atoms with van der Waals surface area (Å²) in [5.41, 5.74) is 3.82. The first-order valence-corrected chi connectivity index (χ1v) is 10.5. The Kier molecular flexibility index (Phi) is 5.59. The summed E-state index contributed by atoms with van der Waals surface area (Å²) in [6.45, 7) is 6.49. The molecule has 0 radical (unpaired) electrons. The third-order valence-electron chi connectivity index (χ3n) is 4.81. The number of likely N-dealkylation sites (N-methyl/N-ethyl adjacent to an activating group) is 1. The van der Waals surface area contributed by atoms with E-state index in [1.807, 2.05) is 45.0 Å². The van der Waals surface area contributed by atoms with Crippen LogP contribution in [0.2, 0.25) is 0 Å². The number of aryl methyl sites for hydroxylation is 2. The van der Waals surface area contributed by atoms with E-state index in [2.05, 4.69) is 0 Å². The van der Waals surface area contributed by atoms with Crippen LogP contribution in [0.15, 0.2) is 68.9 Å². The maximum absolute atomic E-state index is 13.1. The van der Waals surface area contributed by atoms with Gasteiger partial charge >= 0.3 is 0 Å². The molecule has 3 aromatic rings. The fraction of sp³-hybridized carbons (Fsp3) is 0.167. The molecular weight excluding hydrogens is 399 g/mol. The van der Waals surface area contributed by atoms with Crippen LogP contribution in [-0.2, 0) is 4.79 Å². The van der Waals surface area contributed by atoms with Crippen molar-refractivity contribution in [2.45, 2.75) is 20.8 Å². The lowest BCUT2D eigenvalue weighted by atomic mass is 10.1. The van der Waals surface area contributed by atoms with Crippen LogP contribution in [0.3, 0.4) is 0 Å². The van der Waals surface area contributed by atoms with Crippen LogP contribution in [-0.4, -0.2) is 22.5 Å². The summed E-state index contributed by atoms with van der Waals surface area (Å²) in [7, 11) is 0. The van der Waals surface area contributed by atoms with Crippen molar-refractivity contribution in [3.63, 3.8) is 0 Å². The second-order valence-corrected chi connectivity index (χ2v) is 8.06. The summed E-state index contributed by atoms with van der Waals surface area (Å²) in [5.74, 6) is 0.797. The largest absolute Gasteiger partial charge is 0.457 e. The first-order valence-electron chi connectivity index (χ1n) is 9.67. The first kappa shape index (κ1) is 20.2. The number of benzene rings is 2. The van der Waals surface area contributed by atoms with Crippen molar-refractivity contribution < 1.29 is 13.6 Å². The van der Waals surface area contributed by atoms with Gasteiger partial charge in [0.05, 0.1) is 10.6 Å². The molecule has 0 saturated carbocycles. The summed E-state index contributed by atoms with van der Waals surface area (Å²) in [6.07, 6.45) is 1.73. The van der Waals surface area contributed by atoms with Gasteiger partial charge in [0.25, 0.3) is 5.91 Å². The average Bonchev–Trinajstić information content (AvgIpc) is 3.30. The number of nitrogens with zero attached hydrogens (tertiary/aromatic N) is 2. The molecule has 1 saturated heterocycles. The van der Waals surface area contributed by atoms with E-state index in [0.29, 0.717) is 28.1 Å². The summed E-state index contributed by atoms with van der Waals surface area (Å²) in [4.78, 5) is 19.9. The highest BCUT2D eigenvalue weighted by Crippen LogP contribution is 2.35. The van der Waals surface area contributed by atoms with E-state index in [1.165, 1.54) is 23.9 Å². The van der Waals surface area contributed by atoms with Gasteiger partial charge in [0.15, 0.2) is 5.17 Å². The predicted molar refractivity (Wildman–Crippen MR) is 120 cm³/mol. The van der Waals surface area contributed by atoms with E-state index < -0.39 is 0 Å². The zero-order chi connectivity index (χ0) is 21.3. The molecule has 1 aromatic heterocycles. The van der Waals surface area contributed by atoms with Gasteiger partial charge in [0.2, 0.25) is 0 Å². The van der Waals surface area contributed by atoms with Crippen molar-refractivity contribution in [2.24, 2.45) is 4.99 Å². The van der Waals surface area contributed by atoms with Crippen LogP contribution in [0.1, 0.15) is 23.8 Å². The van der Waals surface area contributed by atoms with Crippen LogP contribution in [0.4, 0.5) is 10.1 Å². The van der Waals surface area contributed by atoms with Gasteiger partial charge in [-0.2, -0.15) is 0 Å². The van der Waals surface area contributed by atoms with E-state index in [4.69, 9.17) is 9.41 Å². The Morgan fingerprint density at radius 2 is 1.87 bits per heavy atom. The molecule has 1 fully saturated rings. The Bertz CT molecular complexity index is 1160. The van der Waals surface area contributed by atoms with E-state index in [9.17, 15) is 9.18 Å². The Labute approximate surface area is 179 Å². The highest BCUT2D eigenvalue weighted by Gasteiger charge is 2.32. The van der Waals surface area contributed by atoms with Gasteiger partial charge in [-0.05, 0) is 86.1 Å². The monoisotopic (exact) mass is 420 g/mol. The molecular formula is C24H21FN2O2S. The molecule has 4 nitrogen and oxygen atoms in total. The smallest absolute Gasteiger partial charge is 0.266 e. The Balaban J connectivity index is 1.63. The minimum Gasteiger partial charge on any atom is -0.457 e. The van der Waals surface area contributed by atoms with E-state index >= 15 is 0 Å². The van der Waals surface area contributed by atoms with Crippen LogP contribution >= 0.6 is 11.8 Å². The Morgan fingerprint density at radius 1 is 1.10 bits per heavy atom. The van der Waals surface area contributed by atoms with Gasteiger partial charge in [-0.3, -0.25) is 9.69 Å². The number of thioether (sulfide) groups is 1. The quantitative estimate of drug-likeness (QED) is 0.464. The number of hydrogen-bond donors (Lipinski definition) is 0. The molecule has 2 heterocycles. The topological polar surface area (TPSA) is 45.8 Å². The third-order valence-corrected chi connectivity index (χ3v) is 5.82. The highest BCUT2D eigenvalue weighted by atomic mass is 32.2. The van der Waals surface area contributed by atoms with Gasteiger partial charge in [-0.25, -0.2) is 9.38 Å². The number of rotatable bonds is 4. The second kappa shape index (κ2) is 8.32. The van der Waals surface area contributed by atoms with Crippen molar-refractivity contribution in [3.8, 4) is 11.3 Å². The lowest BCUT2D eigenvalue weighted by molar-refractivity contribution is -0.122. The molecule has 0 aliphatic carbocycles. The maximum Gasteiger partial charge on any atom is 0.266 e. The molecule has 30 heavy (non-hydrogen) atoms. The van der Waals surface area contributed by atoms with E-state index in [-0.39, 0.29) is 11.7 Å². The number of amides is 1. The molecule has 1 amide bonds. The van der Waals surface area contributed by atoms with E-state index in [0.717, 1.165) is 22.4 Å². The number of hydrogen-bond acceptors (Lipinski definition) is 4. The fourth-order valence-corrected chi connectivity index (χ4v) is 4.18. The molecule has 0 bridgehead atoms. The molecule has 4 rings (SSSR count). The Hall–Kier alpha value is -3.12. The lowest BCUT2D eigenvalue weighted by Gasteiger charge is -2.12. The molecule has 6 heteroatoms. The minimum atomic E-state index is -0.295. The number of carbonyl (C=O) groups excluding carboxylic acids is 1. The van der Waals surface area contributed by atoms with Crippen LogP contribution in [0.25, 0.3) is 17.4 Å². The predicted octanol–water partition coefficient (Wildman–Crippen LogP) is 6.33. The molecule has 0 unspecified atom stereocenters. The van der Waals surface area contributed by atoms with Gasteiger partial charge in [-0.1, -0.05) is 12.1 Å². The maximum atomic E-state index is 13.1.